The molecule has 0 spiro atoms. The molecule has 0 fully saturated rings. The van der Waals surface area contributed by atoms with Gasteiger partial charge in [0.2, 0.25) is 0 Å². The van der Waals surface area contributed by atoms with Crippen molar-refractivity contribution < 1.29 is 14.6 Å². The molecule has 0 bridgehead atoms. The van der Waals surface area contributed by atoms with E-state index >= 15 is 0 Å². The molecule has 4 heteroatoms. The highest BCUT2D eigenvalue weighted by Crippen LogP contribution is 2.22. The molecule has 3 aromatic rings. The molecule has 0 aliphatic rings. The number of ether oxygens (including phenoxy) is 1. The number of para-hydroxylation sites is 2. The van der Waals surface area contributed by atoms with E-state index in [1.807, 2.05) is 42.5 Å². The second-order valence-electron chi connectivity index (χ2n) is 4.99. The molecule has 23 heavy (non-hydrogen) atoms. The van der Waals surface area contributed by atoms with Gasteiger partial charge in [-0.25, -0.2) is 9.78 Å². The third-order valence-corrected chi connectivity index (χ3v) is 3.54. The number of carboxylic acid groups (broad SMARTS) is 1. The predicted octanol–water partition coefficient (Wildman–Crippen LogP) is 4.11. The Balaban J connectivity index is 2.06. The average molecular weight is 305 g/mol. The van der Waals surface area contributed by atoms with Crippen LogP contribution in [-0.4, -0.2) is 23.2 Å². The molecule has 0 saturated heterocycles. The number of hydrogen-bond donors (Lipinski definition) is 1. The van der Waals surface area contributed by atoms with Crippen LogP contribution in [0.5, 0.6) is 5.75 Å². The first-order valence-electron chi connectivity index (χ1n) is 7.13. The molecule has 114 valence electrons. The third kappa shape index (κ3) is 3.06. The normalized spacial score (nSPS) is 11.0. The Morgan fingerprint density at radius 3 is 2.61 bits per heavy atom. The Kier molecular flexibility index (Phi) is 4.06. The molecule has 0 aliphatic carbocycles. The second kappa shape index (κ2) is 6.32. The number of benzene rings is 2. The number of fused-ring (bicyclic) bond motifs is 1. The van der Waals surface area contributed by atoms with Gasteiger partial charge in [0.1, 0.15) is 5.75 Å². The van der Waals surface area contributed by atoms with Crippen LogP contribution in [0.1, 0.15) is 21.6 Å². The van der Waals surface area contributed by atoms with Gasteiger partial charge < -0.3 is 9.84 Å². The zero-order chi connectivity index (χ0) is 16.2. The van der Waals surface area contributed by atoms with E-state index in [0.29, 0.717) is 16.6 Å². The van der Waals surface area contributed by atoms with Crippen molar-refractivity contribution in [1.29, 1.82) is 0 Å². The maximum atomic E-state index is 11.5. The van der Waals surface area contributed by atoms with E-state index in [1.54, 1.807) is 31.4 Å². The number of carbonyl (C=O) groups is 1. The highest BCUT2D eigenvalue weighted by Gasteiger charge is 2.10. The van der Waals surface area contributed by atoms with E-state index in [4.69, 9.17) is 4.74 Å². The van der Waals surface area contributed by atoms with Gasteiger partial charge in [0.25, 0.3) is 0 Å². The van der Waals surface area contributed by atoms with Crippen LogP contribution in [0, 0.1) is 0 Å². The van der Waals surface area contributed by atoms with Crippen LogP contribution >= 0.6 is 0 Å². The maximum absolute atomic E-state index is 11.5. The number of rotatable bonds is 4. The minimum absolute atomic E-state index is 0.246. The lowest BCUT2D eigenvalue weighted by Gasteiger charge is -2.05. The first-order valence-corrected chi connectivity index (χ1v) is 7.13. The Morgan fingerprint density at radius 1 is 1.09 bits per heavy atom. The van der Waals surface area contributed by atoms with Crippen molar-refractivity contribution in [2.45, 2.75) is 0 Å². The van der Waals surface area contributed by atoms with Gasteiger partial charge in [-0.3, -0.25) is 0 Å². The van der Waals surface area contributed by atoms with Crippen LogP contribution < -0.4 is 4.74 Å². The van der Waals surface area contributed by atoms with Gasteiger partial charge in [0.15, 0.2) is 0 Å². The van der Waals surface area contributed by atoms with Gasteiger partial charge in [-0.2, -0.15) is 0 Å². The van der Waals surface area contributed by atoms with Crippen LogP contribution in [-0.2, 0) is 0 Å². The molecule has 0 unspecified atom stereocenters. The third-order valence-electron chi connectivity index (χ3n) is 3.54. The van der Waals surface area contributed by atoms with Crippen LogP contribution in [0.4, 0.5) is 0 Å². The quantitative estimate of drug-likeness (QED) is 0.788. The first kappa shape index (κ1) is 14.8. The van der Waals surface area contributed by atoms with Crippen LogP contribution in [0.25, 0.3) is 23.1 Å². The van der Waals surface area contributed by atoms with E-state index in [2.05, 4.69) is 4.98 Å². The van der Waals surface area contributed by atoms with Crippen LogP contribution in [0.2, 0.25) is 0 Å². The number of carboxylic acids is 1. The minimum atomic E-state index is -0.962. The molecule has 0 atom stereocenters. The van der Waals surface area contributed by atoms with E-state index in [-0.39, 0.29) is 5.56 Å². The van der Waals surface area contributed by atoms with Gasteiger partial charge in [-0.05, 0) is 30.4 Å². The van der Waals surface area contributed by atoms with Crippen LogP contribution in [0.3, 0.4) is 0 Å². The zero-order valence-electron chi connectivity index (χ0n) is 12.6. The summed E-state index contributed by atoms with van der Waals surface area (Å²) in [5, 5.41) is 10.0. The Labute approximate surface area is 133 Å². The Hall–Kier alpha value is -3.14. The van der Waals surface area contributed by atoms with Crippen molar-refractivity contribution >= 4 is 29.0 Å². The Morgan fingerprint density at radius 2 is 1.83 bits per heavy atom. The smallest absolute Gasteiger partial charge is 0.336 e. The predicted molar refractivity (Wildman–Crippen MR) is 90.6 cm³/mol. The molecule has 1 N–H and O–H groups in total. The van der Waals surface area contributed by atoms with E-state index < -0.39 is 5.97 Å². The zero-order valence-corrected chi connectivity index (χ0v) is 12.6. The molecule has 0 saturated carbocycles. The SMILES string of the molecule is COc1ccccc1/C=C/c1cc(C(=O)O)c2ccccc2n1. The lowest BCUT2D eigenvalue weighted by molar-refractivity contribution is 0.0699. The van der Waals surface area contributed by atoms with Gasteiger partial charge in [-0.1, -0.05) is 36.4 Å². The highest BCUT2D eigenvalue weighted by molar-refractivity contribution is 6.03. The van der Waals surface area contributed by atoms with Crippen LogP contribution in [0.15, 0.2) is 54.6 Å². The minimum Gasteiger partial charge on any atom is -0.496 e. The highest BCUT2D eigenvalue weighted by atomic mass is 16.5. The van der Waals surface area contributed by atoms with Crippen molar-refractivity contribution in [3.8, 4) is 5.75 Å². The molecule has 0 amide bonds. The molecule has 1 heterocycles. The summed E-state index contributed by atoms with van der Waals surface area (Å²) in [7, 11) is 1.61. The molecular weight excluding hydrogens is 290 g/mol. The van der Waals surface area contributed by atoms with Crippen molar-refractivity contribution in [3.05, 3.63) is 71.4 Å². The van der Waals surface area contributed by atoms with Gasteiger partial charge in [0, 0.05) is 10.9 Å². The fourth-order valence-electron chi connectivity index (χ4n) is 2.44. The Bertz CT molecular complexity index is 900. The number of aromatic carboxylic acids is 1. The summed E-state index contributed by atoms with van der Waals surface area (Å²) in [5.41, 5.74) is 2.40. The molecule has 1 aromatic heterocycles. The van der Waals surface area contributed by atoms with E-state index in [1.165, 1.54) is 0 Å². The van der Waals surface area contributed by atoms with Crippen molar-refractivity contribution in [3.63, 3.8) is 0 Å². The van der Waals surface area contributed by atoms with E-state index in [0.717, 1.165) is 11.3 Å². The number of hydrogen-bond acceptors (Lipinski definition) is 3. The van der Waals surface area contributed by atoms with Crippen molar-refractivity contribution in [2.75, 3.05) is 7.11 Å². The summed E-state index contributed by atoms with van der Waals surface area (Å²) in [6, 6.07) is 16.4. The van der Waals surface area contributed by atoms with Gasteiger partial charge in [0.05, 0.1) is 23.9 Å². The average Bonchev–Trinajstić information content (AvgIpc) is 2.59. The summed E-state index contributed by atoms with van der Waals surface area (Å²) >= 11 is 0. The number of nitrogens with zero attached hydrogens (tertiary/aromatic N) is 1. The molecule has 0 radical (unpaired) electrons. The maximum Gasteiger partial charge on any atom is 0.336 e. The fraction of sp³-hybridized carbons (Fsp3) is 0.0526. The summed E-state index contributed by atoms with van der Waals surface area (Å²) in [6.45, 7) is 0. The number of methoxy groups -OCH3 is 1. The molecular formula is C19H15NO3. The largest absolute Gasteiger partial charge is 0.496 e. The molecule has 3 rings (SSSR count). The molecule has 2 aromatic carbocycles. The first-order chi connectivity index (χ1) is 11.2. The van der Waals surface area contributed by atoms with Crippen molar-refractivity contribution in [1.82, 2.24) is 4.98 Å². The van der Waals surface area contributed by atoms with E-state index in [9.17, 15) is 9.90 Å². The lowest BCUT2D eigenvalue weighted by atomic mass is 10.1. The summed E-state index contributed by atoms with van der Waals surface area (Å²) < 4.78 is 5.30. The summed E-state index contributed by atoms with van der Waals surface area (Å²) in [5.74, 6) is -0.210. The lowest BCUT2D eigenvalue weighted by Crippen LogP contribution is -2.00. The van der Waals surface area contributed by atoms with Crippen molar-refractivity contribution in [2.24, 2.45) is 0 Å². The molecule has 4 nitrogen and oxygen atoms in total. The van der Waals surface area contributed by atoms with Gasteiger partial charge >= 0.3 is 5.97 Å². The second-order valence-corrected chi connectivity index (χ2v) is 4.99. The molecule has 0 aliphatic heterocycles. The monoisotopic (exact) mass is 305 g/mol. The standard InChI is InChI=1S/C19H15NO3/c1-23-18-9-5-2-6-13(18)10-11-14-12-16(19(21)22)15-7-3-4-8-17(15)20-14/h2-12H,1H3,(H,21,22)/b11-10+. The number of pyridine rings is 1. The topological polar surface area (TPSA) is 59.4 Å². The van der Waals surface area contributed by atoms with Gasteiger partial charge in [-0.15, -0.1) is 0 Å². The number of aromatic nitrogens is 1. The summed E-state index contributed by atoms with van der Waals surface area (Å²) in [4.78, 5) is 16.0. The summed E-state index contributed by atoms with van der Waals surface area (Å²) in [6.07, 6.45) is 3.65. The fourth-order valence-corrected chi connectivity index (χ4v) is 2.44.